The molecule has 0 aromatic carbocycles. The zero-order chi connectivity index (χ0) is 15.3. The second-order valence-electron chi connectivity index (χ2n) is 6.03. The molecule has 3 N–H and O–H groups in total. The maximum absolute atomic E-state index is 11.8. The van der Waals surface area contributed by atoms with Gasteiger partial charge in [-0.25, -0.2) is 4.79 Å². The van der Waals surface area contributed by atoms with Gasteiger partial charge in [0.05, 0.1) is 13.0 Å². The van der Waals surface area contributed by atoms with E-state index < -0.39 is 17.9 Å². The number of amides is 3. The minimum atomic E-state index is -0.911. The maximum atomic E-state index is 11.8. The van der Waals surface area contributed by atoms with Gasteiger partial charge in [-0.15, -0.1) is 0 Å². The third-order valence-corrected chi connectivity index (χ3v) is 3.04. The number of nitrogens with zero attached hydrogens (tertiary/aromatic N) is 1. The lowest BCUT2D eigenvalue weighted by Gasteiger charge is -2.34. The number of carbonyl (C=O) groups excluding carboxylic acids is 2. The molecule has 0 unspecified atom stereocenters. The Bertz CT molecular complexity index is 386. The molecule has 0 heterocycles. The first-order valence-corrected chi connectivity index (χ1v) is 6.75. The van der Waals surface area contributed by atoms with E-state index in [2.05, 4.69) is 10.6 Å². The van der Waals surface area contributed by atoms with Crippen molar-refractivity contribution in [3.8, 4) is 0 Å². The van der Waals surface area contributed by atoms with Crippen LogP contribution in [-0.4, -0.2) is 52.6 Å². The number of carboxylic acid groups (broad SMARTS) is 1. The smallest absolute Gasteiger partial charge is 0.321 e. The van der Waals surface area contributed by atoms with Gasteiger partial charge in [0.15, 0.2) is 0 Å². The number of aliphatic carboxylic acids is 1. The summed E-state index contributed by atoms with van der Waals surface area (Å²) < 4.78 is 0. The lowest BCUT2D eigenvalue weighted by Crippen LogP contribution is -2.50. The van der Waals surface area contributed by atoms with Crippen molar-refractivity contribution in [2.45, 2.75) is 51.6 Å². The molecule has 1 aliphatic carbocycles. The molecule has 0 aromatic heterocycles. The van der Waals surface area contributed by atoms with Crippen molar-refractivity contribution in [3.63, 3.8) is 0 Å². The van der Waals surface area contributed by atoms with Crippen molar-refractivity contribution in [1.29, 1.82) is 0 Å². The van der Waals surface area contributed by atoms with Gasteiger partial charge in [0, 0.05) is 18.1 Å². The minimum absolute atomic E-state index is 0.00509. The standard InChI is InChI=1S/C13H23N3O4/c1-13(2,3)16(7-6-11(18)19)8-10(17)15-12(20)14-9-4-5-9/h9H,4-8H2,1-3H3,(H,18,19)(H2,14,15,17,20). The Morgan fingerprint density at radius 1 is 1.25 bits per heavy atom. The molecule has 0 radical (unpaired) electrons. The number of imide groups is 1. The number of nitrogens with one attached hydrogen (secondary N) is 2. The minimum Gasteiger partial charge on any atom is -0.481 e. The number of carboxylic acids is 1. The topological polar surface area (TPSA) is 98.7 Å². The molecule has 114 valence electrons. The molecule has 0 spiro atoms. The molecular formula is C13H23N3O4. The van der Waals surface area contributed by atoms with Gasteiger partial charge in [0.2, 0.25) is 5.91 Å². The van der Waals surface area contributed by atoms with Crippen LogP contribution in [0, 0.1) is 0 Å². The van der Waals surface area contributed by atoms with Gasteiger partial charge >= 0.3 is 12.0 Å². The molecule has 0 aromatic rings. The summed E-state index contributed by atoms with van der Waals surface area (Å²) in [6, 6.07) is -0.293. The van der Waals surface area contributed by atoms with Crippen LogP contribution < -0.4 is 10.6 Å². The Morgan fingerprint density at radius 2 is 1.85 bits per heavy atom. The van der Waals surface area contributed by atoms with Crippen LogP contribution in [-0.2, 0) is 9.59 Å². The van der Waals surface area contributed by atoms with Gasteiger partial charge in [-0.2, -0.15) is 0 Å². The summed E-state index contributed by atoms with van der Waals surface area (Å²) in [5.74, 6) is -1.34. The van der Waals surface area contributed by atoms with Gasteiger partial charge in [-0.05, 0) is 33.6 Å². The fourth-order valence-electron chi connectivity index (χ4n) is 1.67. The average molecular weight is 285 g/mol. The molecule has 3 amide bonds. The number of rotatable bonds is 6. The van der Waals surface area contributed by atoms with Crippen LogP contribution in [0.25, 0.3) is 0 Å². The van der Waals surface area contributed by atoms with E-state index in [0.717, 1.165) is 12.8 Å². The molecule has 20 heavy (non-hydrogen) atoms. The summed E-state index contributed by atoms with van der Waals surface area (Å²) in [7, 11) is 0. The molecule has 0 atom stereocenters. The van der Waals surface area contributed by atoms with E-state index >= 15 is 0 Å². The van der Waals surface area contributed by atoms with Gasteiger partial charge in [-0.1, -0.05) is 0 Å². The Kier molecular flexibility index (Phi) is 5.50. The summed E-state index contributed by atoms with van der Waals surface area (Å²) in [4.78, 5) is 35.6. The van der Waals surface area contributed by atoms with Crippen LogP contribution in [0.1, 0.15) is 40.0 Å². The highest BCUT2D eigenvalue weighted by atomic mass is 16.4. The van der Waals surface area contributed by atoms with Crippen molar-refractivity contribution in [3.05, 3.63) is 0 Å². The Hall–Kier alpha value is -1.63. The molecule has 7 heteroatoms. The second kappa shape index (κ2) is 6.69. The fourth-order valence-corrected chi connectivity index (χ4v) is 1.67. The first-order valence-electron chi connectivity index (χ1n) is 6.75. The molecule has 1 rings (SSSR count). The third kappa shape index (κ3) is 6.51. The summed E-state index contributed by atoms with van der Waals surface area (Å²) in [6.07, 6.45) is 1.86. The Balaban J connectivity index is 2.43. The number of urea groups is 1. The highest BCUT2D eigenvalue weighted by Gasteiger charge is 2.26. The number of hydrogen-bond acceptors (Lipinski definition) is 4. The molecular weight excluding hydrogens is 262 g/mol. The van der Waals surface area contributed by atoms with Crippen LogP contribution in [0.4, 0.5) is 4.79 Å². The highest BCUT2D eigenvalue weighted by molar-refractivity contribution is 5.95. The van der Waals surface area contributed by atoms with E-state index in [1.165, 1.54) is 0 Å². The van der Waals surface area contributed by atoms with E-state index in [1.807, 2.05) is 20.8 Å². The molecule has 7 nitrogen and oxygen atoms in total. The largest absolute Gasteiger partial charge is 0.481 e. The molecule has 0 aliphatic heterocycles. The van der Waals surface area contributed by atoms with Crippen molar-refractivity contribution in [2.75, 3.05) is 13.1 Å². The zero-order valence-corrected chi connectivity index (χ0v) is 12.2. The number of hydrogen-bond donors (Lipinski definition) is 3. The van der Waals surface area contributed by atoms with Crippen LogP contribution in [0.2, 0.25) is 0 Å². The van der Waals surface area contributed by atoms with Crippen LogP contribution in [0.3, 0.4) is 0 Å². The van der Waals surface area contributed by atoms with Gasteiger partial charge in [0.25, 0.3) is 0 Å². The average Bonchev–Trinajstić information content (AvgIpc) is 3.05. The highest BCUT2D eigenvalue weighted by Crippen LogP contribution is 2.18. The lowest BCUT2D eigenvalue weighted by atomic mass is 10.1. The third-order valence-electron chi connectivity index (χ3n) is 3.04. The van der Waals surface area contributed by atoms with Crippen LogP contribution in [0.5, 0.6) is 0 Å². The van der Waals surface area contributed by atoms with Gasteiger partial charge in [-0.3, -0.25) is 19.8 Å². The Morgan fingerprint density at radius 3 is 2.30 bits per heavy atom. The molecule has 1 fully saturated rings. The fraction of sp³-hybridized carbons (Fsp3) is 0.769. The van der Waals surface area contributed by atoms with E-state index in [1.54, 1.807) is 4.90 Å². The molecule has 0 saturated heterocycles. The molecule has 1 saturated carbocycles. The van der Waals surface area contributed by atoms with Crippen LogP contribution >= 0.6 is 0 Å². The van der Waals surface area contributed by atoms with Crippen molar-refractivity contribution in [2.24, 2.45) is 0 Å². The molecule has 1 aliphatic rings. The Labute approximate surface area is 118 Å². The van der Waals surface area contributed by atoms with Gasteiger partial charge in [0.1, 0.15) is 0 Å². The van der Waals surface area contributed by atoms with E-state index in [4.69, 9.17) is 5.11 Å². The first-order chi connectivity index (χ1) is 9.18. The summed E-state index contributed by atoms with van der Waals surface area (Å²) in [5, 5.41) is 13.6. The van der Waals surface area contributed by atoms with Crippen molar-refractivity contribution in [1.82, 2.24) is 15.5 Å². The summed E-state index contributed by atoms with van der Waals surface area (Å²) in [5.41, 5.74) is -0.347. The van der Waals surface area contributed by atoms with Gasteiger partial charge < -0.3 is 10.4 Å². The van der Waals surface area contributed by atoms with E-state index in [0.29, 0.717) is 0 Å². The van der Waals surface area contributed by atoms with Crippen molar-refractivity contribution < 1.29 is 19.5 Å². The maximum Gasteiger partial charge on any atom is 0.321 e. The molecule has 0 bridgehead atoms. The summed E-state index contributed by atoms with van der Waals surface area (Å²) in [6.45, 7) is 5.94. The second-order valence-corrected chi connectivity index (χ2v) is 6.03. The first kappa shape index (κ1) is 16.4. The number of carbonyl (C=O) groups is 3. The normalized spacial score (nSPS) is 15.0. The lowest BCUT2D eigenvalue weighted by molar-refractivity contribution is -0.138. The zero-order valence-electron chi connectivity index (χ0n) is 12.2. The van der Waals surface area contributed by atoms with Crippen molar-refractivity contribution >= 4 is 17.9 Å². The predicted octanol–water partition coefficient (Wildman–Crippen LogP) is 0.550. The van der Waals surface area contributed by atoms with E-state index in [9.17, 15) is 14.4 Å². The quantitative estimate of drug-likeness (QED) is 0.662. The van der Waals surface area contributed by atoms with Crippen LogP contribution in [0.15, 0.2) is 0 Å². The van der Waals surface area contributed by atoms with E-state index in [-0.39, 0.29) is 31.1 Å². The summed E-state index contributed by atoms with van der Waals surface area (Å²) >= 11 is 0. The predicted molar refractivity (Wildman–Crippen MR) is 73.3 cm³/mol. The monoisotopic (exact) mass is 285 g/mol. The SMILES string of the molecule is CC(C)(C)N(CCC(=O)O)CC(=O)NC(=O)NC1CC1.